The molecule has 29 heavy (non-hydrogen) atoms. The summed E-state index contributed by atoms with van der Waals surface area (Å²) < 4.78 is 23.9. The molecular formula is C20H27N5O3S. The fourth-order valence-electron chi connectivity index (χ4n) is 4.40. The van der Waals surface area contributed by atoms with E-state index >= 15 is 0 Å². The summed E-state index contributed by atoms with van der Waals surface area (Å²) in [6.45, 7) is 2.08. The van der Waals surface area contributed by atoms with E-state index in [1.54, 1.807) is 0 Å². The summed E-state index contributed by atoms with van der Waals surface area (Å²) in [6.07, 6.45) is 5.50. The van der Waals surface area contributed by atoms with Crippen molar-refractivity contribution >= 4 is 15.7 Å². The number of carbonyl (C=O) groups excluding carboxylic acids is 1. The fourth-order valence-corrected chi connectivity index (χ4v) is 6.11. The third-order valence-electron chi connectivity index (χ3n) is 5.96. The Kier molecular flexibility index (Phi) is 5.67. The van der Waals surface area contributed by atoms with Crippen LogP contribution in [-0.4, -0.2) is 63.0 Å². The summed E-state index contributed by atoms with van der Waals surface area (Å²) in [5.74, 6) is 0.587. The van der Waals surface area contributed by atoms with Crippen LogP contribution in [0.3, 0.4) is 0 Å². The molecule has 0 bridgehead atoms. The minimum atomic E-state index is -3.06. The van der Waals surface area contributed by atoms with Crippen LogP contribution < -0.4 is 0 Å². The van der Waals surface area contributed by atoms with Crippen LogP contribution in [0.5, 0.6) is 0 Å². The molecule has 0 spiro atoms. The topological polar surface area (TPSA) is 98.0 Å². The lowest BCUT2D eigenvalue weighted by molar-refractivity contribution is -0.136. The molecule has 0 N–H and O–H groups in total. The number of nitrogens with zero attached hydrogens (tertiary/aromatic N) is 5. The van der Waals surface area contributed by atoms with Crippen molar-refractivity contribution in [1.82, 2.24) is 25.1 Å². The number of benzene rings is 1. The Morgan fingerprint density at radius 2 is 1.86 bits per heavy atom. The van der Waals surface area contributed by atoms with E-state index in [2.05, 4.69) is 22.3 Å². The summed E-state index contributed by atoms with van der Waals surface area (Å²) in [6, 6.07) is 7.85. The second-order valence-corrected chi connectivity index (χ2v) is 10.2. The van der Waals surface area contributed by atoms with Crippen LogP contribution in [0.1, 0.15) is 44.6 Å². The van der Waals surface area contributed by atoms with Crippen molar-refractivity contribution < 1.29 is 13.2 Å². The van der Waals surface area contributed by atoms with E-state index in [-0.39, 0.29) is 36.0 Å². The molecule has 1 atom stereocenters. The molecule has 2 aromatic rings. The van der Waals surface area contributed by atoms with Crippen molar-refractivity contribution in [1.29, 1.82) is 0 Å². The lowest BCUT2D eigenvalue weighted by Gasteiger charge is -2.33. The summed E-state index contributed by atoms with van der Waals surface area (Å²) in [5.41, 5.74) is 2.09. The first-order valence-electron chi connectivity index (χ1n) is 10.3. The van der Waals surface area contributed by atoms with Crippen molar-refractivity contribution in [3.63, 3.8) is 0 Å². The molecule has 1 saturated carbocycles. The molecule has 0 unspecified atom stereocenters. The lowest BCUT2D eigenvalue weighted by atomic mass is 10.1. The number of carbonyl (C=O) groups is 1. The summed E-state index contributed by atoms with van der Waals surface area (Å²) >= 11 is 0. The predicted molar refractivity (Wildman–Crippen MR) is 109 cm³/mol. The number of rotatable bonds is 6. The normalized spacial score (nSPS) is 21.5. The Morgan fingerprint density at radius 3 is 2.48 bits per heavy atom. The van der Waals surface area contributed by atoms with Crippen molar-refractivity contribution in [3.05, 3.63) is 29.8 Å². The maximum Gasteiger partial charge on any atom is 0.246 e. The number of aromatic nitrogens is 4. The van der Waals surface area contributed by atoms with Gasteiger partial charge in [0.1, 0.15) is 6.54 Å². The van der Waals surface area contributed by atoms with Crippen molar-refractivity contribution in [2.75, 3.05) is 11.5 Å². The first-order chi connectivity index (χ1) is 13.9. The SMILES string of the molecule is CCc1ccc(-c2nnn(CC(=O)N(C3CCCC3)[C@@H]3CCS(=O)(=O)C3)n2)cc1. The Balaban J connectivity index is 1.49. The van der Waals surface area contributed by atoms with E-state index < -0.39 is 9.84 Å². The van der Waals surface area contributed by atoms with Crippen molar-refractivity contribution in [2.24, 2.45) is 0 Å². The zero-order valence-corrected chi connectivity index (χ0v) is 17.5. The number of tetrazole rings is 1. The van der Waals surface area contributed by atoms with Crippen LogP contribution in [0.2, 0.25) is 0 Å². The highest BCUT2D eigenvalue weighted by molar-refractivity contribution is 7.91. The summed E-state index contributed by atoms with van der Waals surface area (Å²) in [7, 11) is -3.06. The monoisotopic (exact) mass is 417 g/mol. The fraction of sp³-hybridized carbons (Fsp3) is 0.600. The lowest BCUT2D eigenvalue weighted by Crippen LogP contribution is -2.48. The second-order valence-electron chi connectivity index (χ2n) is 7.99. The third-order valence-corrected chi connectivity index (χ3v) is 7.71. The van der Waals surface area contributed by atoms with Gasteiger partial charge in [0.05, 0.1) is 11.5 Å². The average Bonchev–Trinajstić information content (AvgIpc) is 3.44. The molecule has 1 aromatic carbocycles. The molecule has 2 aliphatic rings. The Hall–Kier alpha value is -2.29. The van der Waals surface area contributed by atoms with Gasteiger partial charge in [-0.25, -0.2) is 8.42 Å². The van der Waals surface area contributed by atoms with E-state index in [4.69, 9.17) is 0 Å². The van der Waals surface area contributed by atoms with Gasteiger partial charge in [0.25, 0.3) is 0 Å². The van der Waals surface area contributed by atoms with Gasteiger partial charge in [0.15, 0.2) is 9.84 Å². The molecule has 4 rings (SSSR count). The van der Waals surface area contributed by atoms with Crippen LogP contribution in [-0.2, 0) is 27.6 Å². The molecule has 1 aliphatic carbocycles. The molecule has 1 aliphatic heterocycles. The Bertz CT molecular complexity index is 964. The Morgan fingerprint density at radius 1 is 1.14 bits per heavy atom. The van der Waals surface area contributed by atoms with E-state index in [0.717, 1.165) is 37.7 Å². The molecule has 9 heteroatoms. The quantitative estimate of drug-likeness (QED) is 0.712. The Labute approximate surface area is 171 Å². The minimum absolute atomic E-state index is 0.0207. The third kappa shape index (κ3) is 4.49. The van der Waals surface area contributed by atoms with E-state index in [0.29, 0.717) is 12.2 Å². The number of aryl methyl sites for hydroxylation is 1. The van der Waals surface area contributed by atoms with Crippen LogP contribution in [0.4, 0.5) is 0 Å². The first kappa shape index (κ1) is 20.0. The van der Waals surface area contributed by atoms with Crippen LogP contribution >= 0.6 is 0 Å². The molecule has 1 aromatic heterocycles. The molecule has 8 nitrogen and oxygen atoms in total. The highest BCUT2D eigenvalue weighted by Crippen LogP contribution is 2.29. The van der Waals surface area contributed by atoms with Crippen molar-refractivity contribution in [3.8, 4) is 11.4 Å². The van der Waals surface area contributed by atoms with E-state index in [9.17, 15) is 13.2 Å². The molecule has 2 fully saturated rings. The minimum Gasteiger partial charge on any atom is -0.334 e. The van der Waals surface area contributed by atoms with Gasteiger partial charge in [-0.1, -0.05) is 44.0 Å². The number of sulfone groups is 1. The summed E-state index contributed by atoms with van der Waals surface area (Å²) in [4.78, 5) is 16.3. The number of hydrogen-bond acceptors (Lipinski definition) is 6. The molecule has 1 amide bonds. The van der Waals surface area contributed by atoms with Gasteiger partial charge in [-0.3, -0.25) is 4.79 Å². The molecule has 156 valence electrons. The molecule has 0 radical (unpaired) electrons. The smallest absolute Gasteiger partial charge is 0.246 e. The number of amides is 1. The highest BCUT2D eigenvalue weighted by atomic mass is 32.2. The van der Waals surface area contributed by atoms with Gasteiger partial charge in [0.2, 0.25) is 11.7 Å². The molecule has 2 heterocycles. The average molecular weight is 418 g/mol. The van der Waals surface area contributed by atoms with Crippen LogP contribution in [0, 0.1) is 0 Å². The molecular weight excluding hydrogens is 390 g/mol. The van der Waals surface area contributed by atoms with Gasteiger partial charge in [-0.2, -0.15) is 4.80 Å². The highest BCUT2D eigenvalue weighted by Gasteiger charge is 2.39. The van der Waals surface area contributed by atoms with Gasteiger partial charge in [-0.05, 0) is 36.5 Å². The van der Waals surface area contributed by atoms with E-state index in [1.165, 1.54) is 10.4 Å². The zero-order valence-electron chi connectivity index (χ0n) is 16.7. The number of hydrogen-bond donors (Lipinski definition) is 0. The van der Waals surface area contributed by atoms with Gasteiger partial charge < -0.3 is 4.90 Å². The zero-order chi connectivity index (χ0) is 20.4. The van der Waals surface area contributed by atoms with Crippen LogP contribution in [0.25, 0.3) is 11.4 Å². The van der Waals surface area contributed by atoms with Gasteiger partial charge >= 0.3 is 0 Å². The van der Waals surface area contributed by atoms with E-state index in [1.807, 2.05) is 29.2 Å². The standard InChI is InChI=1S/C20H27N5O3S/c1-2-15-7-9-16(10-8-15)20-21-23-24(22-20)13-19(26)25(17-5-3-4-6-17)18-11-12-29(27,28)14-18/h7-10,17-18H,2-6,11-14H2,1H3/t18-/m1/s1. The maximum atomic E-state index is 13.1. The summed E-state index contributed by atoms with van der Waals surface area (Å²) in [5, 5.41) is 12.5. The maximum absolute atomic E-state index is 13.1. The van der Waals surface area contributed by atoms with Crippen molar-refractivity contribution in [2.45, 2.75) is 64.1 Å². The van der Waals surface area contributed by atoms with Gasteiger partial charge in [0, 0.05) is 17.6 Å². The van der Waals surface area contributed by atoms with Crippen LogP contribution in [0.15, 0.2) is 24.3 Å². The predicted octanol–water partition coefficient (Wildman–Crippen LogP) is 1.86. The second kappa shape index (κ2) is 8.22. The largest absolute Gasteiger partial charge is 0.334 e. The van der Waals surface area contributed by atoms with Gasteiger partial charge in [-0.15, -0.1) is 10.2 Å². The first-order valence-corrected chi connectivity index (χ1v) is 12.2. The molecule has 1 saturated heterocycles.